The number of rotatable bonds is 3. The molecule has 0 spiro atoms. The predicted molar refractivity (Wildman–Crippen MR) is 58.9 cm³/mol. The van der Waals surface area contributed by atoms with E-state index in [0.717, 1.165) is 0 Å². The van der Waals surface area contributed by atoms with E-state index >= 15 is 0 Å². The second-order valence-electron chi connectivity index (χ2n) is 3.37. The van der Waals surface area contributed by atoms with E-state index in [9.17, 15) is 9.90 Å². The van der Waals surface area contributed by atoms with Gasteiger partial charge in [-0.25, -0.2) is 4.98 Å². The Labute approximate surface area is 98.1 Å². The fourth-order valence-electron chi connectivity index (χ4n) is 1.19. The second-order valence-corrected chi connectivity index (χ2v) is 3.37. The Morgan fingerprint density at radius 1 is 1.71 bits per heavy atom. The quantitative estimate of drug-likeness (QED) is 0.588. The molecular formula is C10H12N4O3. The highest BCUT2D eigenvalue weighted by Crippen LogP contribution is 2.22. The van der Waals surface area contributed by atoms with Gasteiger partial charge < -0.3 is 20.4 Å². The third-order valence-corrected chi connectivity index (χ3v) is 2.01. The molecule has 0 unspecified atom stereocenters. The van der Waals surface area contributed by atoms with Crippen LogP contribution in [-0.2, 0) is 9.53 Å². The molecule has 3 N–H and O–H groups in total. The normalized spacial score (nSPS) is 13.5. The van der Waals surface area contributed by atoms with E-state index in [4.69, 9.17) is 17.0 Å². The lowest BCUT2D eigenvalue weighted by Gasteiger charge is -2.16. The average Bonchev–Trinajstić information content (AvgIpc) is 2.27. The molecule has 1 heterocycles. The summed E-state index contributed by atoms with van der Waals surface area (Å²) in [6.45, 7) is 9.57. The lowest BCUT2D eigenvalue weighted by Crippen LogP contribution is -2.22. The van der Waals surface area contributed by atoms with Crippen LogP contribution in [0.2, 0.25) is 0 Å². The van der Waals surface area contributed by atoms with Crippen molar-refractivity contribution in [1.29, 1.82) is 0 Å². The van der Waals surface area contributed by atoms with Crippen LogP contribution in [0.4, 0.5) is 11.6 Å². The molecule has 0 saturated heterocycles. The number of hydrogen-bond donors (Lipinski definition) is 2. The Morgan fingerprint density at radius 3 is 2.88 bits per heavy atom. The van der Waals surface area contributed by atoms with E-state index < -0.39 is 18.2 Å². The van der Waals surface area contributed by atoms with Gasteiger partial charge in [-0.05, 0) is 6.92 Å². The molecule has 1 rings (SSSR count). The van der Waals surface area contributed by atoms with Crippen LogP contribution in [0.25, 0.3) is 4.85 Å². The highest BCUT2D eigenvalue weighted by molar-refractivity contribution is 5.66. The van der Waals surface area contributed by atoms with Crippen molar-refractivity contribution in [2.24, 2.45) is 0 Å². The molecule has 0 amide bonds. The fourth-order valence-corrected chi connectivity index (χ4v) is 1.19. The molecule has 0 aliphatic heterocycles. The molecule has 0 aliphatic carbocycles. The van der Waals surface area contributed by atoms with Crippen molar-refractivity contribution in [3.05, 3.63) is 23.3 Å². The zero-order valence-corrected chi connectivity index (χ0v) is 9.41. The number of carbonyl (C=O) groups excluding carboxylic acids is 1. The third-order valence-electron chi connectivity index (χ3n) is 2.01. The summed E-state index contributed by atoms with van der Waals surface area (Å²) in [7, 11) is 0. The number of nitrogen functional groups attached to an aromatic ring is 1. The van der Waals surface area contributed by atoms with E-state index in [0.29, 0.717) is 0 Å². The number of nitrogens with two attached hydrogens (primary N) is 1. The van der Waals surface area contributed by atoms with Gasteiger partial charge in [0.15, 0.2) is 11.8 Å². The number of aliphatic hydroxyl groups is 1. The summed E-state index contributed by atoms with van der Waals surface area (Å²) < 4.78 is 4.80. The van der Waals surface area contributed by atoms with E-state index in [-0.39, 0.29) is 17.3 Å². The van der Waals surface area contributed by atoms with E-state index in [2.05, 4.69) is 14.8 Å². The van der Waals surface area contributed by atoms with Gasteiger partial charge in [-0.1, -0.05) is 6.57 Å². The minimum Gasteiger partial charge on any atom is -0.460 e. The Balaban J connectivity index is 2.93. The molecule has 0 saturated carbocycles. The van der Waals surface area contributed by atoms with Crippen molar-refractivity contribution in [2.45, 2.75) is 26.1 Å². The van der Waals surface area contributed by atoms with Crippen LogP contribution in [0.15, 0.2) is 6.20 Å². The number of hydrogen-bond acceptors (Lipinski definition) is 6. The van der Waals surface area contributed by atoms with Gasteiger partial charge in [0, 0.05) is 6.92 Å². The number of nitrogens with zero attached hydrogens (tertiary/aromatic N) is 3. The van der Waals surface area contributed by atoms with Gasteiger partial charge in [0.25, 0.3) is 0 Å². The molecule has 0 bridgehead atoms. The predicted octanol–water partition coefficient (Wildman–Crippen LogP) is 0.595. The van der Waals surface area contributed by atoms with Gasteiger partial charge >= 0.3 is 11.8 Å². The molecule has 17 heavy (non-hydrogen) atoms. The molecule has 0 fully saturated rings. The third kappa shape index (κ3) is 3.12. The highest BCUT2D eigenvalue weighted by Gasteiger charge is 2.24. The van der Waals surface area contributed by atoms with Crippen LogP contribution in [-0.4, -0.2) is 27.1 Å². The van der Waals surface area contributed by atoms with Crippen LogP contribution in [0.1, 0.15) is 25.6 Å². The molecule has 0 aromatic carbocycles. The SMILES string of the molecule is [C-]#[N+]c1nc([C@H](O)[C@H](C)OC(C)=O)cnc1N. The standard InChI is InChI=1S/C10H12N4O3/c1-5(17-6(2)15)8(16)7-4-13-9(11)10(12-3)14-7/h4-5,8,16H,1-2H3,(H2,11,13)/t5-,8+/m0/s1. The highest BCUT2D eigenvalue weighted by atomic mass is 16.6. The number of esters is 1. The Kier molecular flexibility index (Phi) is 3.96. The van der Waals surface area contributed by atoms with Crippen LogP contribution in [0.5, 0.6) is 0 Å². The Morgan fingerprint density at radius 2 is 2.35 bits per heavy atom. The smallest absolute Gasteiger partial charge is 0.312 e. The summed E-state index contributed by atoms with van der Waals surface area (Å²) in [6.07, 6.45) is -0.675. The first-order valence-corrected chi connectivity index (χ1v) is 4.81. The summed E-state index contributed by atoms with van der Waals surface area (Å²) in [6, 6.07) is 0. The van der Waals surface area contributed by atoms with Gasteiger partial charge in [0.1, 0.15) is 11.9 Å². The Hall–Kier alpha value is -2.20. The molecule has 2 atom stereocenters. The molecule has 0 aliphatic rings. The first kappa shape index (κ1) is 12.9. The molecule has 1 aromatic heterocycles. The summed E-state index contributed by atoms with van der Waals surface area (Å²) in [5.74, 6) is -0.599. The zero-order valence-electron chi connectivity index (χ0n) is 9.41. The lowest BCUT2D eigenvalue weighted by molar-refractivity contribution is -0.151. The van der Waals surface area contributed by atoms with Gasteiger partial charge in [-0.2, -0.15) is 0 Å². The average molecular weight is 236 g/mol. The van der Waals surface area contributed by atoms with Gasteiger partial charge in [-0.15, -0.1) is 4.98 Å². The lowest BCUT2D eigenvalue weighted by atomic mass is 10.1. The first-order valence-electron chi connectivity index (χ1n) is 4.81. The molecule has 1 aromatic rings. The Bertz CT molecular complexity index is 469. The molecule has 7 heteroatoms. The maximum atomic E-state index is 10.7. The number of anilines is 1. The van der Waals surface area contributed by atoms with Crippen LogP contribution in [0.3, 0.4) is 0 Å². The van der Waals surface area contributed by atoms with Gasteiger partial charge in [0.2, 0.25) is 0 Å². The first-order chi connectivity index (χ1) is 7.95. The molecule has 7 nitrogen and oxygen atoms in total. The topological polar surface area (TPSA) is 103 Å². The van der Waals surface area contributed by atoms with Crippen LogP contribution >= 0.6 is 0 Å². The van der Waals surface area contributed by atoms with E-state index in [1.807, 2.05) is 0 Å². The summed E-state index contributed by atoms with van der Waals surface area (Å²) in [5.41, 5.74) is 5.54. The summed E-state index contributed by atoms with van der Waals surface area (Å²) in [5, 5.41) is 9.83. The van der Waals surface area contributed by atoms with Crippen LogP contribution < -0.4 is 5.73 Å². The number of ether oxygens (including phenoxy) is 1. The maximum Gasteiger partial charge on any atom is 0.312 e. The number of aliphatic hydroxyl groups excluding tert-OH is 1. The minimum atomic E-state index is -1.15. The van der Waals surface area contributed by atoms with Gasteiger partial charge in [0.05, 0.1) is 6.20 Å². The van der Waals surface area contributed by atoms with Crippen molar-refractivity contribution < 1.29 is 14.6 Å². The van der Waals surface area contributed by atoms with Crippen molar-refractivity contribution in [3.63, 3.8) is 0 Å². The number of aromatic nitrogens is 2. The monoisotopic (exact) mass is 236 g/mol. The second kappa shape index (κ2) is 5.23. The molecular weight excluding hydrogens is 224 g/mol. The minimum absolute atomic E-state index is 0.00362. The van der Waals surface area contributed by atoms with Crippen molar-refractivity contribution >= 4 is 17.6 Å². The maximum absolute atomic E-state index is 10.7. The van der Waals surface area contributed by atoms with E-state index in [1.165, 1.54) is 20.0 Å². The zero-order chi connectivity index (χ0) is 13.0. The van der Waals surface area contributed by atoms with Crippen LogP contribution in [0, 0.1) is 6.57 Å². The molecule has 90 valence electrons. The van der Waals surface area contributed by atoms with Crippen molar-refractivity contribution in [2.75, 3.05) is 5.73 Å². The van der Waals surface area contributed by atoms with Crippen molar-refractivity contribution in [3.8, 4) is 0 Å². The summed E-state index contributed by atoms with van der Waals surface area (Å²) in [4.78, 5) is 21.4. The van der Waals surface area contributed by atoms with Gasteiger partial charge in [-0.3, -0.25) is 4.79 Å². The molecule has 0 radical (unpaired) electrons. The summed E-state index contributed by atoms with van der Waals surface area (Å²) >= 11 is 0. The fraction of sp³-hybridized carbons (Fsp3) is 0.400. The number of carbonyl (C=O) groups is 1. The van der Waals surface area contributed by atoms with E-state index in [1.54, 1.807) is 0 Å². The largest absolute Gasteiger partial charge is 0.460 e. The van der Waals surface area contributed by atoms with Crippen molar-refractivity contribution in [1.82, 2.24) is 9.97 Å².